The number of furan rings is 1. The van der Waals surface area contributed by atoms with Crippen LogP contribution in [-0.2, 0) is 0 Å². The third-order valence-corrected chi connectivity index (χ3v) is 11.0. The summed E-state index contributed by atoms with van der Waals surface area (Å²) in [7, 11) is 0. The highest BCUT2D eigenvalue weighted by atomic mass is 32.1. The van der Waals surface area contributed by atoms with Crippen molar-refractivity contribution in [2.45, 2.75) is 0 Å². The van der Waals surface area contributed by atoms with Crippen LogP contribution >= 0.6 is 11.3 Å². The van der Waals surface area contributed by atoms with Crippen LogP contribution < -0.4 is 4.90 Å². The van der Waals surface area contributed by atoms with Crippen molar-refractivity contribution in [2.24, 2.45) is 0 Å². The molecule has 2 heterocycles. The number of fused-ring (bicyclic) bond motifs is 6. The summed E-state index contributed by atoms with van der Waals surface area (Å²) in [5.41, 5.74) is 12.1. The zero-order valence-corrected chi connectivity index (χ0v) is 28.5. The van der Waals surface area contributed by atoms with Crippen LogP contribution in [0.1, 0.15) is 0 Å². The Balaban J connectivity index is 1.21. The van der Waals surface area contributed by atoms with Gasteiger partial charge in [0.05, 0.1) is 11.1 Å². The second kappa shape index (κ2) is 12.2. The molecule has 0 radical (unpaired) electrons. The van der Waals surface area contributed by atoms with E-state index in [1.165, 1.54) is 42.4 Å². The fraction of sp³-hybridized carbons (Fsp3) is 0. The third-order valence-electron chi connectivity index (χ3n) is 9.85. The molecule has 0 saturated carbocycles. The van der Waals surface area contributed by atoms with E-state index in [9.17, 15) is 0 Å². The Labute approximate surface area is 300 Å². The van der Waals surface area contributed by atoms with Gasteiger partial charge in [0.2, 0.25) is 0 Å². The first-order valence-corrected chi connectivity index (χ1v) is 18.1. The number of hydrogen-bond donors (Lipinski definition) is 0. The molecule has 0 aliphatic heterocycles. The normalized spacial score (nSPS) is 11.5. The highest BCUT2D eigenvalue weighted by molar-refractivity contribution is 7.25. The van der Waals surface area contributed by atoms with E-state index in [1.807, 2.05) is 17.4 Å². The van der Waals surface area contributed by atoms with Crippen LogP contribution in [-0.4, -0.2) is 0 Å². The second-order valence-electron chi connectivity index (χ2n) is 12.9. The largest absolute Gasteiger partial charge is 0.456 e. The van der Waals surface area contributed by atoms with Crippen LogP contribution in [0, 0.1) is 0 Å². The van der Waals surface area contributed by atoms with Crippen LogP contribution in [0.3, 0.4) is 0 Å². The van der Waals surface area contributed by atoms with E-state index in [0.717, 1.165) is 50.1 Å². The molecule has 3 heteroatoms. The Morgan fingerprint density at radius 1 is 0.373 bits per heavy atom. The van der Waals surface area contributed by atoms with Gasteiger partial charge in [0, 0.05) is 36.9 Å². The molecule has 0 aliphatic rings. The van der Waals surface area contributed by atoms with Gasteiger partial charge in [0.25, 0.3) is 0 Å². The van der Waals surface area contributed by atoms with Gasteiger partial charge in [-0.05, 0) is 94.0 Å². The van der Waals surface area contributed by atoms with Crippen molar-refractivity contribution in [3.63, 3.8) is 0 Å². The minimum atomic E-state index is 0.869. The smallest absolute Gasteiger partial charge is 0.137 e. The summed E-state index contributed by atoms with van der Waals surface area (Å²) in [6.45, 7) is 0. The number of thiophene rings is 1. The molecule has 10 aromatic rings. The van der Waals surface area contributed by atoms with Crippen LogP contribution in [0.4, 0.5) is 17.1 Å². The average Bonchev–Trinajstić information content (AvgIpc) is 3.78. The van der Waals surface area contributed by atoms with Crippen molar-refractivity contribution in [2.75, 3.05) is 4.90 Å². The van der Waals surface area contributed by atoms with E-state index in [4.69, 9.17) is 4.42 Å². The molecule has 2 nitrogen and oxygen atoms in total. The summed E-state index contributed by atoms with van der Waals surface area (Å²) < 4.78 is 9.05. The van der Waals surface area contributed by atoms with Gasteiger partial charge in [-0.15, -0.1) is 11.3 Å². The summed E-state index contributed by atoms with van der Waals surface area (Å²) in [6, 6.07) is 67.4. The molecule has 0 N–H and O–H groups in total. The molecule has 2 aromatic heterocycles. The molecule has 0 bridgehead atoms. The monoisotopic (exact) mass is 669 g/mol. The van der Waals surface area contributed by atoms with E-state index >= 15 is 0 Å². The number of rotatable bonds is 6. The molecule has 0 amide bonds. The van der Waals surface area contributed by atoms with Gasteiger partial charge in [-0.1, -0.05) is 127 Å². The van der Waals surface area contributed by atoms with E-state index < -0.39 is 0 Å². The summed E-state index contributed by atoms with van der Waals surface area (Å²) in [4.78, 5) is 2.40. The van der Waals surface area contributed by atoms with Crippen LogP contribution in [0.25, 0.3) is 75.5 Å². The number of para-hydroxylation sites is 1. The van der Waals surface area contributed by atoms with Crippen molar-refractivity contribution >= 4 is 70.5 Å². The van der Waals surface area contributed by atoms with E-state index in [0.29, 0.717) is 0 Å². The summed E-state index contributed by atoms with van der Waals surface area (Å²) in [5, 5.41) is 4.82. The van der Waals surface area contributed by atoms with Gasteiger partial charge in [-0.2, -0.15) is 0 Å². The maximum atomic E-state index is 6.42. The Morgan fingerprint density at radius 2 is 0.980 bits per heavy atom. The third kappa shape index (κ3) is 5.10. The summed E-state index contributed by atoms with van der Waals surface area (Å²) in [5.74, 6) is 0. The van der Waals surface area contributed by atoms with Gasteiger partial charge in [0.1, 0.15) is 11.2 Å². The maximum Gasteiger partial charge on any atom is 0.137 e. The van der Waals surface area contributed by atoms with E-state index in [-0.39, 0.29) is 0 Å². The lowest BCUT2D eigenvalue weighted by molar-refractivity contribution is 0.669. The Hall–Kier alpha value is -6.42. The van der Waals surface area contributed by atoms with Crippen molar-refractivity contribution < 1.29 is 4.42 Å². The molecule has 8 aromatic carbocycles. The fourth-order valence-corrected chi connectivity index (χ4v) is 8.64. The topological polar surface area (TPSA) is 16.4 Å². The number of benzene rings is 8. The molecular formula is C48H31NOS. The minimum absolute atomic E-state index is 0.869. The van der Waals surface area contributed by atoms with Crippen molar-refractivity contribution in [3.8, 4) is 33.4 Å². The first kappa shape index (κ1) is 29.5. The zero-order chi connectivity index (χ0) is 33.7. The average molecular weight is 670 g/mol. The first-order valence-electron chi connectivity index (χ1n) is 17.3. The van der Waals surface area contributed by atoms with Gasteiger partial charge < -0.3 is 9.32 Å². The lowest BCUT2D eigenvalue weighted by Crippen LogP contribution is -2.10. The number of hydrogen-bond acceptors (Lipinski definition) is 3. The Morgan fingerprint density at radius 3 is 1.73 bits per heavy atom. The van der Waals surface area contributed by atoms with Crippen LogP contribution in [0.5, 0.6) is 0 Å². The highest BCUT2D eigenvalue weighted by Gasteiger charge is 2.21. The maximum absolute atomic E-state index is 6.42. The Kier molecular flexibility index (Phi) is 7.04. The van der Waals surface area contributed by atoms with Crippen molar-refractivity contribution in [1.29, 1.82) is 0 Å². The first-order chi connectivity index (χ1) is 25.3. The fourth-order valence-electron chi connectivity index (χ4n) is 7.51. The van der Waals surface area contributed by atoms with Gasteiger partial charge in [-0.3, -0.25) is 0 Å². The summed E-state index contributed by atoms with van der Waals surface area (Å²) >= 11 is 1.86. The van der Waals surface area contributed by atoms with Gasteiger partial charge in [-0.25, -0.2) is 0 Å². The molecule has 10 rings (SSSR count). The molecule has 240 valence electrons. The minimum Gasteiger partial charge on any atom is -0.456 e. The van der Waals surface area contributed by atoms with Gasteiger partial charge >= 0.3 is 0 Å². The molecule has 0 atom stereocenters. The van der Waals surface area contributed by atoms with E-state index in [1.54, 1.807) is 0 Å². The molecule has 0 saturated heterocycles. The van der Waals surface area contributed by atoms with Gasteiger partial charge in [0.15, 0.2) is 0 Å². The van der Waals surface area contributed by atoms with Crippen molar-refractivity contribution in [3.05, 3.63) is 188 Å². The standard InChI is InChI=1S/C48H31NOS/c1-3-13-32(14-4-1)35-29-36(33-15-5-2-6-16-33)31-38(30-35)49(42-20-12-22-44-48(42)40-17-7-9-21-43(40)50-44)37-27-25-34(26-28-37)39-19-11-24-46-47(39)41-18-8-10-23-45(41)51-46/h1-31H. The highest BCUT2D eigenvalue weighted by Crippen LogP contribution is 2.46. The lowest BCUT2D eigenvalue weighted by Gasteiger charge is -2.28. The quantitative estimate of drug-likeness (QED) is 0.175. The molecule has 0 unspecified atom stereocenters. The predicted octanol–water partition coefficient (Wildman–Crippen LogP) is 14.4. The molecule has 0 fully saturated rings. The lowest BCUT2D eigenvalue weighted by atomic mass is 9.96. The second-order valence-corrected chi connectivity index (χ2v) is 14.0. The van der Waals surface area contributed by atoms with Crippen molar-refractivity contribution in [1.82, 2.24) is 0 Å². The van der Waals surface area contributed by atoms with E-state index in [2.05, 4.69) is 187 Å². The number of anilines is 3. The SMILES string of the molecule is c1ccc(-c2cc(-c3ccccc3)cc(N(c3ccc(-c4cccc5sc6ccccc6c45)cc3)c3cccc4oc5ccccc5c34)c2)cc1. The molecular weight excluding hydrogens is 639 g/mol. The molecule has 51 heavy (non-hydrogen) atoms. The van der Waals surface area contributed by atoms with Crippen LogP contribution in [0.2, 0.25) is 0 Å². The predicted molar refractivity (Wildman–Crippen MR) is 218 cm³/mol. The number of nitrogens with zero attached hydrogens (tertiary/aromatic N) is 1. The zero-order valence-electron chi connectivity index (χ0n) is 27.7. The van der Waals surface area contributed by atoms with Crippen LogP contribution in [0.15, 0.2) is 192 Å². The summed E-state index contributed by atoms with van der Waals surface area (Å²) in [6.07, 6.45) is 0. The molecule has 0 spiro atoms. The Bertz CT molecular complexity index is 2790. The molecule has 0 aliphatic carbocycles.